The SMILES string of the molecule is C=CC[C@@](C)(O)CC#N. The molecule has 1 N–H and O–H groups in total. The van der Waals surface area contributed by atoms with Crippen LogP contribution in [0.25, 0.3) is 0 Å². The van der Waals surface area contributed by atoms with Crippen molar-refractivity contribution in [2.45, 2.75) is 25.4 Å². The Labute approximate surface area is 55.4 Å². The van der Waals surface area contributed by atoms with E-state index in [1.54, 1.807) is 13.0 Å². The molecular formula is C7H11NO. The van der Waals surface area contributed by atoms with Crippen LogP contribution >= 0.6 is 0 Å². The molecule has 9 heavy (non-hydrogen) atoms. The largest absolute Gasteiger partial charge is 0.389 e. The van der Waals surface area contributed by atoms with Crippen LogP contribution < -0.4 is 0 Å². The summed E-state index contributed by atoms with van der Waals surface area (Å²) < 4.78 is 0. The highest BCUT2D eigenvalue weighted by atomic mass is 16.3. The lowest BCUT2D eigenvalue weighted by molar-refractivity contribution is 0.0684. The van der Waals surface area contributed by atoms with Gasteiger partial charge in [0, 0.05) is 0 Å². The first-order valence-corrected chi connectivity index (χ1v) is 2.82. The first-order valence-electron chi connectivity index (χ1n) is 2.82. The molecule has 0 aromatic heterocycles. The van der Waals surface area contributed by atoms with Gasteiger partial charge in [0.05, 0.1) is 18.1 Å². The minimum atomic E-state index is -0.878. The van der Waals surface area contributed by atoms with Gasteiger partial charge < -0.3 is 5.11 Å². The highest BCUT2D eigenvalue weighted by Gasteiger charge is 2.16. The minimum Gasteiger partial charge on any atom is -0.389 e. The lowest BCUT2D eigenvalue weighted by Crippen LogP contribution is -2.21. The molecule has 0 heterocycles. The van der Waals surface area contributed by atoms with E-state index in [1.165, 1.54) is 0 Å². The second-order valence-electron chi connectivity index (χ2n) is 2.32. The molecule has 1 atom stereocenters. The molecule has 0 fully saturated rings. The Morgan fingerprint density at radius 1 is 1.89 bits per heavy atom. The van der Waals surface area contributed by atoms with Crippen LogP contribution in [-0.4, -0.2) is 10.7 Å². The Morgan fingerprint density at radius 2 is 2.44 bits per heavy atom. The smallest absolute Gasteiger partial charge is 0.0783 e. The molecule has 0 aromatic carbocycles. The van der Waals surface area contributed by atoms with Gasteiger partial charge in [-0.15, -0.1) is 6.58 Å². The Balaban J connectivity index is 3.73. The van der Waals surface area contributed by atoms with Crippen LogP contribution in [0.15, 0.2) is 12.7 Å². The standard InChI is InChI=1S/C7H11NO/c1-3-4-7(2,9)5-6-8/h3,9H,1,4-5H2,2H3/t7-/m1/s1. The molecule has 0 spiro atoms. The summed E-state index contributed by atoms with van der Waals surface area (Å²) in [6, 6.07) is 1.90. The van der Waals surface area contributed by atoms with Crippen LogP contribution in [0.5, 0.6) is 0 Å². The van der Waals surface area contributed by atoms with E-state index >= 15 is 0 Å². The van der Waals surface area contributed by atoms with E-state index in [1.807, 2.05) is 6.07 Å². The summed E-state index contributed by atoms with van der Waals surface area (Å²) in [4.78, 5) is 0. The summed E-state index contributed by atoms with van der Waals surface area (Å²) in [6.07, 6.45) is 2.25. The topological polar surface area (TPSA) is 44.0 Å². The fraction of sp³-hybridized carbons (Fsp3) is 0.571. The van der Waals surface area contributed by atoms with Crippen molar-refractivity contribution in [2.24, 2.45) is 0 Å². The van der Waals surface area contributed by atoms with Gasteiger partial charge in [0.2, 0.25) is 0 Å². The zero-order valence-electron chi connectivity index (χ0n) is 5.59. The molecule has 50 valence electrons. The minimum absolute atomic E-state index is 0.166. The number of rotatable bonds is 3. The van der Waals surface area contributed by atoms with Gasteiger partial charge in [0.15, 0.2) is 0 Å². The van der Waals surface area contributed by atoms with Crippen molar-refractivity contribution >= 4 is 0 Å². The van der Waals surface area contributed by atoms with Crippen LogP contribution in [0.3, 0.4) is 0 Å². The predicted octanol–water partition coefficient (Wildman–Crippen LogP) is 1.23. The Kier molecular flexibility index (Phi) is 2.97. The molecule has 2 heteroatoms. The zero-order valence-corrected chi connectivity index (χ0v) is 5.59. The number of nitriles is 1. The van der Waals surface area contributed by atoms with E-state index in [2.05, 4.69) is 6.58 Å². The van der Waals surface area contributed by atoms with Crippen molar-refractivity contribution < 1.29 is 5.11 Å². The van der Waals surface area contributed by atoms with Gasteiger partial charge in [0.25, 0.3) is 0 Å². The van der Waals surface area contributed by atoms with Crippen molar-refractivity contribution in [3.05, 3.63) is 12.7 Å². The molecular weight excluding hydrogens is 114 g/mol. The summed E-state index contributed by atoms with van der Waals surface area (Å²) in [5.41, 5.74) is -0.878. The fourth-order valence-electron chi connectivity index (χ4n) is 0.553. The van der Waals surface area contributed by atoms with Gasteiger partial charge in [-0.1, -0.05) is 6.08 Å². The summed E-state index contributed by atoms with van der Waals surface area (Å²) in [5, 5.41) is 17.4. The monoisotopic (exact) mass is 125 g/mol. The molecule has 0 bridgehead atoms. The summed E-state index contributed by atoms with van der Waals surface area (Å²) in [6.45, 7) is 5.08. The van der Waals surface area contributed by atoms with E-state index in [0.717, 1.165) is 0 Å². The lowest BCUT2D eigenvalue weighted by Gasteiger charge is -2.16. The number of hydrogen-bond acceptors (Lipinski definition) is 2. The van der Waals surface area contributed by atoms with E-state index in [9.17, 15) is 5.11 Å². The number of aliphatic hydroxyl groups is 1. The molecule has 0 amide bonds. The third-order valence-electron chi connectivity index (χ3n) is 1.04. The lowest BCUT2D eigenvalue weighted by atomic mass is 9.99. The fourth-order valence-corrected chi connectivity index (χ4v) is 0.553. The third-order valence-corrected chi connectivity index (χ3v) is 1.04. The van der Waals surface area contributed by atoms with E-state index in [0.29, 0.717) is 6.42 Å². The van der Waals surface area contributed by atoms with Crippen LogP contribution in [0.4, 0.5) is 0 Å². The maximum atomic E-state index is 9.22. The Bertz CT molecular complexity index is 132. The molecule has 0 aromatic rings. The Morgan fingerprint density at radius 3 is 2.78 bits per heavy atom. The molecule has 0 saturated carbocycles. The quantitative estimate of drug-likeness (QED) is 0.576. The average Bonchev–Trinajstić information content (AvgIpc) is 1.64. The number of hydrogen-bond donors (Lipinski definition) is 1. The molecule has 2 nitrogen and oxygen atoms in total. The molecule has 0 saturated heterocycles. The van der Waals surface area contributed by atoms with Crippen molar-refractivity contribution in [1.29, 1.82) is 5.26 Å². The molecule has 0 unspecified atom stereocenters. The first-order chi connectivity index (χ1) is 4.12. The van der Waals surface area contributed by atoms with Crippen LogP contribution in [0.2, 0.25) is 0 Å². The van der Waals surface area contributed by atoms with Gasteiger partial charge in [0.1, 0.15) is 0 Å². The van der Waals surface area contributed by atoms with Gasteiger partial charge in [-0.2, -0.15) is 5.26 Å². The van der Waals surface area contributed by atoms with E-state index in [4.69, 9.17) is 5.26 Å². The zero-order chi connectivity index (χ0) is 7.33. The normalized spacial score (nSPS) is 15.7. The summed E-state index contributed by atoms with van der Waals surface area (Å²) in [5.74, 6) is 0. The van der Waals surface area contributed by atoms with Gasteiger partial charge in [-0.05, 0) is 13.3 Å². The average molecular weight is 125 g/mol. The van der Waals surface area contributed by atoms with Crippen molar-refractivity contribution in [1.82, 2.24) is 0 Å². The highest BCUT2D eigenvalue weighted by Crippen LogP contribution is 2.12. The molecule has 0 aliphatic rings. The van der Waals surface area contributed by atoms with Gasteiger partial charge in [-0.25, -0.2) is 0 Å². The van der Waals surface area contributed by atoms with Crippen molar-refractivity contribution in [2.75, 3.05) is 0 Å². The predicted molar refractivity (Wildman–Crippen MR) is 35.7 cm³/mol. The van der Waals surface area contributed by atoms with Crippen molar-refractivity contribution in [3.8, 4) is 6.07 Å². The van der Waals surface area contributed by atoms with Crippen LogP contribution in [0, 0.1) is 11.3 Å². The second kappa shape index (κ2) is 3.26. The van der Waals surface area contributed by atoms with E-state index < -0.39 is 5.60 Å². The van der Waals surface area contributed by atoms with Gasteiger partial charge >= 0.3 is 0 Å². The number of nitrogens with zero attached hydrogens (tertiary/aromatic N) is 1. The highest BCUT2D eigenvalue weighted by molar-refractivity contribution is 4.90. The first kappa shape index (κ1) is 8.19. The second-order valence-corrected chi connectivity index (χ2v) is 2.32. The summed E-state index contributed by atoms with van der Waals surface area (Å²) in [7, 11) is 0. The summed E-state index contributed by atoms with van der Waals surface area (Å²) >= 11 is 0. The maximum Gasteiger partial charge on any atom is 0.0783 e. The van der Waals surface area contributed by atoms with Crippen LogP contribution in [0.1, 0.15) is 19.8 Å². The Hall–Kier alpha value is -0.810. The molecule has 0 radical (unpaired) electrons. The van der Waals surface area contributed by atoms with Gasteiger partial charge in [-0.3, -0.25) is 0 Å². The van der Waals surface area contributed by atoms with E-state index in [-0.39, 0.29) is 6.42 Å². The maximum absolute atomic E-state index is 9.22. The molecule has 0 aliphatic carbocycles. The molecule has 0 rings (SSSR count). The molecule has 0 aliphatic heterocycles. The van der Waals surface area contributed by atoms with Crippen LogP contribution in [-0.2, 0) is 0 Å². The van der Waals surface area contributed by atoms with Crippen molar-refractivity contribution in [3.63, 3.8) is 0 Å². The third kappa shape index (κ3) is 3.75.